The third-order valence-electron chi connectivity index (χ3n) is 3.95. The topological polar surface area (TPSA) is 62.7 Å². The standard InChI is InChI=1S/C16H18N2O3S/c1-11(18-6-8-21-9-7-18)12-2-4-13(5-3-12)15-17-10-14(22-15)16(19)20/h2-5,10-11H,6-9H2,1H3,(H,19,20). The van der Waals surface area contributed by atoms with Crippen molar-refractivity contribution in [1.82, 2.24) is 9.88 Å². The average Bonchev–Trinajstić information content (AvgIpc) is 3.05. The van der Waals surface area contributed by atoms with Gasteiger partial charge in [0.2, 0.25) is 0 Å². The Balaban J connectivity index is 1.75. The van der Waals surface area contributed by atoms with Crippen molar-refractivity contribution in [2.24, 2.45) is 0 Å². The van der Waals surface area contributed by atoms with Crippen LogP contribution in [0.2, 0.25) is 0 Å². The summed E-state index contributed by atoms with van der Waals surface area (Å²) >= 11 is 1.20. The minimum absolute atomic E-state index is 0.265. The zero-order chi connectivity index (χ0) is 15.5. The number of hydrogen-bond acceptors (Lipinski definition) is 5. The molecule has 5 nitrogen and oxygen atoms in total. The Morgan fingerprint density at radius 2 is 2.00 bits per heavy atom. The summed E-state index contributed by atoms with van der Waals surface area (Å²) in [5.41, 5.74) is 2.20. The lowest BCUT2D eigenvalue weighted by molar-refractivity contribution is 0.0198. The number of benzene rings is 1. The van der Waals surface area contributed by atoms with Crippen LogP contribution in [-0.2, 0) is 4.74 Å². The maximum absolute atomic E-state index is 10.9. The van der Waals surface area contributed by atoms with Crippen molar-refractivity contribution in [2.75, 3.05) is 26.3 Å². The molecule has 1 saturated heterocycles. The summed E-state index contributed by atoms with van der Waals surface area (Å²) in [6, 6.07) is 8.56. The average molecular weight is 318 g/mol. The predicted octanol–water partition coefficient (Wildman–Crippen LogP) is 2.90. The molecule has 2 aromatic rings. The maximum atomic E-state index is 10.9. The van der Waals surface area contributed by atoms with Crippen molar-refractivity contribution in [3.8, 4) is 10.6 Å². The van der Waals surface area contributed by atoms with Crippen molar-refractivity contribution < 1.29 is 14.6 Å². The number of ether oxygens (including phenoxy) is 1. The third kappa shape index (κ3) is 3.19. The van der Waals surface area contributed by atoms with Gasteiger partial charge in [0.1, 0.15) is 9.88 Å². The second-order valence-electron chi connectivity index (χ2n) is 5.28. The van der Waals surface area contributed by atoms with Gasteiger partial charge in [-0.15, -0.1) is 11.3 Å². The highest BCUT2D eigenvalue weighted by molar-refractivity contribution is 7.16. The number of carboxylic acid groups (broad SMARTS) is 1. The van der Waals surface area contributed by atoms with Gasteiger partial charge in [-0.2, -0.15) is 0 Å². The molecule has 1 atom stereocenters. The lowest BCUT2D eigenvalue weighted by Crippen LogP contribution is -2.37. The minimum Gasteiger partial charge on any atom is -0.477 e. The van der Waals surface area contributed by atoms with Crippen molar-refractivity contribution in [2.45, 2.75) is 13.0 Å². The van der Waals surface area contributed by atoms with E-state index < -0.39 is 5.97 Å². The Kier molecular flexibility index (Phi) is 4.52. The molecule has 1 aliphatic heterocycles. The molecular weight excluding hydrogens is 300 g/mol. The van der Waals surface area contributed by atoms with Crippen molar-refractivity contribution in [1.29, 1.82) is 0 Å². The fourth-order valence-electron chi connectivity index (χ4n) is 2.59. The van der Waals surface area contributed by atoms with Crippen molar-refractivity contribution >= 4 is 17.3 Å². The molecule has 0 aliphatic carbocycles. The maximum Gasteiger partial charge on any atom is 0.347 e. The Bertz CT molecular complexity index is 648. The van der Waals surface area contributed by atoms with E-state index in [0.717, 1.165) is 36.9 Å². The first kappa shape index (κ1) is 15.1. The lowest BCUT2D eigenvalue weighted by Gasteiger charge is -2.32. The molecule has 1 aromatic heterocycles. The van der Waals surface area contributed by atoms with E-state index in [9.17, 15) is 4.79 Å². The highest BCUT2D eigenvalue weighted by Gasteiger charge is 2.18. The highest BCUT2D eigenvalue weighted by Crippen LogP contribution is 2.28. The van der Waals surface area contributed by atoms with Gasteiger partial charge in [-0.05, 0) is 12.5 Å². The number of carbonyl (C=O) groups is 1. The Morgan fingerprint density at radius 3 is 2.59 bits per heavy atom. The fourth-order valence-corrected chi connectivity index (χ4v) is 3.35. The summed E-state index contributed by atoms with van der Waals surface area (Å²) in [5.74, 6) is -0.929. The van der Waals surface area contributed by atoms with Crippen molar-refractivity contribution in [3.05, 3.63) is 40.9 Å². The molecule has 0 saturated carbocycles. The number of rotatable bonds is 4. The molecule has 1 unspecified atom stereocenters. The molecule has 1 N–H and O–H groups in total. The Morgan fingerprint density at radius 1 is 1.32 bits per heavy atom. The normalized spacial score (nSPS) is 17.3. The number of hydrogen-bond donors (Lipinski definition) is 1. The zero-order valence-electron chi connectivity index (χ0n) is 12.4. The molecule has 1 aliphatic rings. The van der Waals surface area contributed by atoms with E-state index in [1.807, 2.05) is 12.1 Å². The number of nitrogens with zero attached hydrogens (tertiary/aromatic N) is 2. The van der Waals surface area contributed by atoms with Crippen molar-refractivity contribution in [3.63, 3.8) is 0 Å². The molecule has 0 radical (unpaired) electrons. The number of aromatic nitrogens is 1. The summed E-state index contributed by atoms with van der Waals surface area (Å²) in [6.45, 7) is 5.69. The number of carboxylic acids is 1. The van der Waals surface area contributed by atoms with Crippen LogP contribution in [0.4, 0.5) is 0 Å². The molecule has 0 amide bonds. The van der Waals surface area contributed by atoms with Crippen LogP contribution in [0.5, 0.6) is 0 Å². The second-order valence-corrected chi connectivity index (χ2v) is 6.31. The van der Waals surface area contributed by atoms with Gasteiger partial charge in [0.05, 0.1) is 19.4 Å². The molecule has 0 bridgehead atoms. The summed E-state index contributed by atoms with van der Waals surface area (Å²) in [5, 5.41) is 9.70. The van der Waals surface area contributed by atoms with Crippen LogP contribution in [0, 0.1) is 0 Å². The SMILES string of the molecule is CC(c1ccc(-c2ncc(C(=O)O)s2)cc1)N1CCOCC1. The van der Waals surface area contributed by atoms with E-state index >= 15 is 0 Å². The van der Waals surface area contributed by atoms with Gasteiger partial charge in [0.15, 0.2) is 0 Å². The largest absolute Gasteiger partial charge is 0.477 e. The summed E-state index contributed by atoms with van der Waals surface area (Å²) in [7, 11) is 0. The Labute approximate surface area is 133 Å². The third-order valence-corrected chi connectivity index (χ3v) is 4.98. The fraction of sp³-hybridized carbons (Fsp3) is 0.375. The van der Waals surface area contributed by atoms with Gasteiger partial charge in [-0.3, -0.25) is 4.90 Å². The van der Waals surface area contributed by atoms with Crippen LogP contribution >= 0.6 is 11.3 Å². The minimum atomic E-state index is -0.929. The van der Waals surface area contributed by atoms with Crippen LogP contribution in [0.1, 0.15) is 28.2 Å². The lowest BCUT2D eigenvalue weighted by atomic mass is 10.0. The molecule has 6 heteroatoms. The van der Waals surface area contributed by atoms with E-state index in [2.05, 4.69) is 28.9 Å². The van der Waals surface area contributed by atoms with Gasteiger partial charge in [-0.25, -0.2) is 9.78 Å². The Hall–Kier alpha value is -1.76. The molecule has 0 spiro atoms. The van der Waals surface area contributed by atoms with Crippen LogP contribution in [0.25, 0.3) is 10.6 Å². The van der Waals surface area contributed by atoms with Crippen LogP contribution in [0.3, 0.4) is 0 Å². The van der Waals surface area contributed by atoms with Gasteiger partial charge in [0, 0.05) is 24.7 Å². The molecule has 2 heterocycles. The zero-order valence-corrected chi connectivity index (χ0v) is 13.2. The van der Waals surface area contributed by atoms with Crippen LogP contribution < -0.4 is 0 Å². The van der Waals surface area contributed by atoms with E-state index in [1.165, 1.54) is 23.1 Å². The van der Waals surface area contributed by atoms with Gasteiger partial charge < -0.3 is 9.84 Å². The molecular formula is C16H18N2O3S. The molecule has 1 fully saturated rings. The van der Waals surface area contributed by atoms with E-state index in [0.29, 0.717) is 6.04 Å². The first-order valence-electron chi connectivity index (χ1n) is 7.26. The number of aromatic carboxylic acids is 1. The summed E-state index contributed by atoms with van der Waals surface area (Å²) < 4.78 is 5.39. The molecule has 116 valence electrons. The first-order valence-corrected chi connectivity index (χ1v) is 8.08. The monoisotopic (exact) mass is 318 g/mol. The van der Waals surface area contributed by atoms with Gasteiger partial charge >= 0.3 is 5.97 Å². The highest BCUT2D eigenvalue weighted by atomic mass is 32.1. The van der Waals surface area contributed by atoms with E-state index in [4.69, 9.17) is 9.84 Å². The molecule has 1 aromatic carbocycles. The smallest absolute Gasteiger partial charge is 0.347 e. The van der Waals surface area contributed by atoms with E-state index in [-0.39, 0.29) is 4.88 Å². The van der Waals surface area contributed by atoms with Crippen LogP contribution in [0.15, 0.2) is 30.5 Å². The first-order chi connectivity index (χ1) is 10.6. The second kappa shape index (κ2) is 6.56. The summed E-state index contributed by atoms with van der Waals surface area (Å²) in [4.78, 5) is 17.8. The van der Waals surface area contributed by atoms with Gasteiger partial charge in [0.25, 0.3) is 0 Å². The number of thiazole rings is 1. The predicted molar refractivity (Wildman–Crippen MR) is 85.3 cm³/mol. The molecule has 22 heavy (non-hydrogen) atoms. The number of morpholine rings is 1. The van der Waals surface area contributed by atoms with Gasteiger partial charge in [-0.1, -0.05) is 24.3 Å². The van der Waals surface area contributed by atoms with Crippen LogP contribution in [-0.4, -0.2) is 47.3 Å². The summed E-state index contributed by atoms with van der Waals surface area (Å²) in [6.07, 6.45) is 1.41. The quantitative estimate of drug-likeness (QED) is 0.939. The van der Waals surface area contributed by atoms with E-state index in [1.54, 1.807) is 0 Å². The molecule has 3 rings (SSSR count).